The van der Waals surface area contributed by atoms with Crippen molar-refractivity contribution in [2.45, 2.75) is 32.6 Å². The Balaban J connectivity index is 1.59. The van der Waals surface area contributed by atoms with Crippen LogP contribution in [0.2, 0.25) is 0 Å². The van der Waals surface area contributed by atoms with Gasteiger partial charge in [-0.1, -0.05) is 6.92 Å². The number of nitrogens with zero attached hydrogens (tertiary/aromatic N) is 2. The standard InChI is InChI=1S/C21H30N2O4/c1-15-6-10-22(11-7-15)20(24)16-8-12-23(13-9-16)21(25)18-5-4-17(26-2)14-19(18)27-3/h4-5,14-16H,6-13H2,1-3H3. The summed E-state index contributed by atoms with van der Waals surface area (Å²) in [4.78, 5) is 29.5. The maximum atomic E-state index is 12.9. The molecule has 2 amide bonds. The van der Waals surface area contributed by atoms with Crippen LogP contribution in [0.1, 0.15) is 43.0 Å². The molecule has 2 heterocycles. The number of piperidine rings is 2. The first kappa shape index (κ1) is 19.5. The number of methoxy groups -OCH3 is 2. The third-order valence-corrected chi connectivity index (χ3v) is 5.87. The van der Waals surface area contributed by atoms with Crippen molar-refractivity contribution in [3.05, 3.63) is 23.8 Å². The second-order valence-corrected chi connectivity index (χ2v) is 7.64. The number of hydrogen-bond acceptors (Lipinski definition) is 4. The lowest BCUT2D eigenvalue weighted by Gasteiger charge is -2.36. The molecular weight excluding hydrogens is 344 g/mol. The molecule has 0 N–H and O–H groups in total. The molecular formula is C21H30N2O4. The van der Waals surface area contributed by atoms with Crippen LogP contribution in [0.25, 0.3) is 0 Å². The van der Waals surface area contributed by atoms with E-state index in [-0.39, 0.29) is 17.7 Å². The Bertz CT molecular complexity index is 675. The summed E-state index contributed by atoms with van der Waals surface area (Å²) >= 11 is 0. The molecule has 0 saturated carbocycles. The molecule has 2 saturated heterocycles. The van der Waals surface area contributed by atoms with Crippen molar-refractivity contribution in [2.75, 3.05) is 40.4 Å². The van der Waals surface area contributed by atoms with Crippen LogP contribution in [-0.4, -0.2) is 62.0 Å². The van der Waals surface area contributed by atoms with E-state index >= 15 is 0 Å². The lowest BCUT2D eigenvalue weighted by Crippen LogP contribution is -2.46. The van der Waals surface area contributed by atoms with Crippen molar-refractivity contribution in [2.24, 2.45) is 11.8 Å². The molecule has 0 atom stereocenters. The highest BCUT2D eigenvalue weighted by Gasteiger charge is 2.32. The van der Waals surface area contributed by atoms with Gasteiger partial charge in [-0.2, -0.15) is 0 Å². The van der Waals surface area contributed by atoms with Gasteiger partial charge in [0, 0.05) is 38.2 Å². The molecule has 0 aliphatic carbocycles. The zero-order valence-electron chi connectivity index (χ0n) is 16.6. The van der Waals surface area contributed by atoms with Crippen LogP contribution in [0, 0.1) is 11.8 Å². The molecule has 2 aliphatic rings. The molecule has 3 rings (SSSR count). The molecule has 6 nitrogen and oxygen atoms in total. The highest BCUT2D eigenvalue weighted by molar-refractivity contribution is 5.97. The molecule has 6 heteroatoms. The lowest BCUT2D eigenvalue weighted by atomic mass is 9.92. The number of benzene rings is 1. The van der Waals surface area contributed by atoms with Gasteiger partial charge in [0.1, 0.15) is 11.5 Å². The van der Waals surface area contributed by atoms with E-state index in [0.29, 0.717) is 36.1 Å². The van der Waals surface area contributed by atoms with Crippen LogP contribution in [0.4, 0.5) is 0 Å². The Labute approximate surface area is 161 Å². The molecule has 148 valence electrons. The fraction of sp³-hybridized carbons (Fsp3) is 0.619. The Hall–Kier alpha value is -2.24. The van der Waals surface area contributed by atoms with Crippen LogP contribution in [0.5, 0.6) is 11.5 Å². The van der Waals surface area contributed by atoms with Gasteiger partial charge in [-0.25, -0.2) is 0 Å². The highest BCUT2D eigenvalue weighted by Crippen LogP contribution is 2.28. The third-order valence-electron chi connectivity index (χ3n) is 5.87. The summed E-state index contributed by atoms with van der Waals surface area (Å²) < 4.78 is 10.6. The maximum absolute atomic E-state index is 12.9. The van der Waals surface area contributed by atoms with Crippen LogP contribution in [0.3, 0.4) is 0 Å². The van der Waals surface area contributed by atoms with Gasteiger partial charge in [-0.3, -0.25) is 9.59 Å². The average molecular weight is 374 g/mol. The van der Waals surface area contributed by atoms with Crippen LogP contribution >= 0.6 is 0 Å². The molecule has 0 radical (unpaired) electrons. The van der Waals surface area contributed by atoms with Crippen molar-refractivity contribution < 1.29 is 19.1 Å². The van der Waals surface area contributed by atoms with Gasteiger partial charge in [0.2, 0.25) is 5.91 Å². The number of carbonyl (C=O) groups excluding carboxylic acids is 2. The normalized spacial score (nSPS) is 19.1. The van der Waals surface area contributed by atoms with Gasteiger partial charge < -0.3 is 19.3 Å². The van der Waals surface area contributed by atoms with Gasteiger partial charge in [-0.15, -0.1) is 0 Å². The Morgan fingerprint density at radius 2 is 1.56 bits per heavy atom. The summed E-state index contributed by atoms with van der Waals surface area (Å²) in [6.07, 6.45) is 3.66. The van der Waals surface area contributed by atoms with Crippen LogP contribution < -0.4 is 9.47 Å². The molecule has 0 aromatic heterocycles. The van der Waals surface area contributed by atoms with E-state index in [0.717, 1.165) is 38.8 Å². The number of carbonyl (C=O) groups is 2. The quantitative estimate of drug-likeness (QED) is 0.813. The van der Waals surface area contributed by atoms with Gasteiger partial charge in [0.05, 0.1) is 19.8 Å². The van der Waals surface area contributed by atoms with Crippen molar-refractivity contribution in [1.29, 1.82) is 0 Å². The zero-order chi connectivity index (χ0) is 19.4. The predicted octanol–water partition coefficient (Wildman–Crippen LogP) is 2.81. The molecule has 27 heavy (non-hydrogen) atoms. The Morgan fingerprint density at radius 3 is 2.15 bits per heavy atom. The molecule has 0 unspecified atom stereocenters. The van der Waals surface area contributed by atoms with Crippen molar-refractivity contribution >= 4 is 11.8 Å². The largest absolute Gasteiger partial charge is 0.497 e. The number of amides is 2. The fourth-order valence-electron chi connectivity index (χ4n) is 3.96. The monoisotopic (exact) mass is 374 g/mol. The SMILES string of the molecule is COc1ccc(C(=O)N2CCC(C(=O)N3CCC(C)CC3)CC2)c(OC)c1. The van der Waals surface area contributed by atoms with Crippen LogP contribution in [-0.2, 0) is 4.79 Å². The summed E-state index contributed by atoms with van der Waals surface area (Å²) in [7, 11) is 3.14. The second-order valence-electron chi connectivity index (χ2n) is 7.64. The van der Waals surface area contributed by atoms with Gasteiger partial charge >= 0.3 is 0 Å². The Kier molecular flexibility index (Phi) is 6.24. The van der Waals surface area contributed by atoms with Crippen molar-refractivity contribution in [3.63, 3.8) is 0 Å². The number of likely N-dealkylation sites (tertiary alicyclic amines) is 2. The molecule has 2 fully saturated rings. The molecule has 1 aromatic carbocycles. The first-order valence-electron chi connectivity index (χ1n) is 9.83. The lowest BCUT2D eigenvalue weighted by molar-refractivity contribution is -0.138. The van der Waals surface area contributed by atoms with Gasteiger partial charge in [0.25, 0.3) is 5.91 Å². The zero-order valence-corrected chi connectivity index (χ0v) is 16.6. The summed E-state index contributed by atoms with van der Waals surface area (Å²) in [5.41, 5.74) is 0.535. The summed E-state index contributed by atoms with van der Waals surface area (Å²) in [6.45, 7) is 5.22. The van der Waals surface area contributed by atoms with E-state index in [4.69, 9.17) is 9.47 Å². The van der Waals surface area contributed by atoms with Gasteiger partial charge in [-0.05, 0) is 43.7 Å². The summed E-state index contributed by atoms with van der Waals surface area (Å²) in [5, 5.41) is 0. The van der Waals surface area contributed by atoms with E-state index in [9.17, 15) is 9.59 Å². The van der Waals surface area contributed by atoms with E-state index in [1.165, 1.54) is 0 Å². The number of rotatable bonds is 4. The number of ether oxygens (including phenoxy) is 2. The first-order valence-corrected chi connectivity index (χ1v) is 9.83. The number of hydrogen-bond donors (Lipinski definition) is 0. The van der Waals surface area contributed by atoms with E-state index < -0.39 is 0 Å². The second kappa shape index (κ2) is 8.63. The third kappa shape index (κ3) is 4.37. The maximum Gasteiger partial charge on any atom is 0.257 e. The van der Waals surface area contributed by atoms with E-state index in [1.54, 1.807) is 32.4 Å². The highest BCUT2D eigenvalue weighted by atomic mass is 16.5. The minimum Gasteiger partial charge on any atom is -0.497 e. The smallest absolute Gasteiger partial charge is 0.257 e. The average Bonchev–Trinajstić information content (AvgIpc) is 2.73. The molecule has 1 aromatic rings. The minimum atomic E-state index is -0.0489. The molecule has 0 bridgehead atoms. The van der Waals surface area contributed by atoms with E-state index in [1.807, 2.05) is 9.80 Å². The topological polar surface area (TPSA) is 59.1 Å². The van der Waals surface area contributed by atoms with E-state index in [2.05, 4.69) is 6.92 Å². The van der Waals surface area contributed by atoms with Gasteiger partial charge in [0.15, 0.2) is 0 Å². The van der Waals surface area contributed by atoms with Crippen molar-refractivity contribution in [1.82, 2.24) is 9.80 Å². The fourth-order valence-corrected chi connectivity index (χ4v) is 3.96. The van der Waals surface area contributed by atoms with Crippen LogP contribution in [0.15, 0.2) is 18.2 Å². The minimum absolute atomic E-state index is 0.0419. The molecule has 0 spiro atoms. The summed E-state index contributed by atoms with van der Waals surface area (Å²) in [5.74, 6) is 2.15. The van der Waals surface area contributed by atoms with Crippen molar-refractivity contribution in [3.8, 4) is 11.5 Å². The predicted molar refractivity (Wildman–Crippen MR) is 103 cm³/mol. The molecule has 2 aliphatic heterocycles. The summed E-state index contributed by atoms with van der Waals surface area (Å²) in [6, 6.07) is 5.23. The Morgan fingerprint density at radius 1 is 0.926 bits per heavy atom. The first-order chi connectivity index (χ1) is 13.0.